The summed E-state index contributed by atoms with van der Waals surface area (Å²) in [7, 11) is -3.60. The first-order valence-corrected chi connectivity index (χ1v) is 8.81. The molecule has 0 aliphatic carbocycles. The Kier molecular flexibility index (Phi) is 4.25. The van der Waals surface area contributed by atoms with E-state index in [-0.39, 0.29) is 4.21 Å². The smallest absolute Gasteiger partial charge is 0.271 e. The Morgan fingerprint density at radius 3 is 2.47 bits per heavy atom. The summed E-state index contributed by atoms with van der Waals surface area (Å²) in [4.78, 5) is 0. The van der Waals surface area contributed by atoms with Crippen molar-refractivity contribution in [2.75, 3.05) is 4.72 Å². The molecule has 0 fully saturated rings. The highest BCUT2D eigenvalue weighted by Crippen LogP contribution is 2.32. The number of benzene rings is 1. The van der Waals surface area contributed by atoms with Gasteiger partial charge in [-0.05, 0) is 59.1 Å². The fourth-order valence-corrected chi connectivity index (χ4v) is 5.21. The number of aryl methyl sites for hydroxylation is 2. The van der Waals surface area contributed by atoms with Crippen LogP contribution >= 0.6 is 38.9 Å². The van der Waals surface area contributed by atoms with Gasteiger partial charge in [-0.15, -0.1) is 11.3 Å². The molecular weight excluding hydrogens is 370 g/mol. The van der Waals surface area contributed by atoms with Crippen LogP contribution in [-0.2, 0) is 10.0 Å². The molecule has 0 saturated carbocycles. The number of hydrogen-bond donors (Lipinski definition) is 1. The molecule has 1 aromatic heterocycles. The summed E-state index contributed by atoms with van der Waals surface area (Å²) in [6.07, 6.45) is 0. The molecule has 19 heavy (non-hydrogen) atoms. The first-order valence-electron chi connectivity index (χ1n) is 5.34. The predicted octanol–water partition coefficient (Wildman–Crippen LogP) is 4.58. The van der Waals surface area contributed by atoms with Crippen LogP contribution in [0.4, 0.5) is 5.69 Å². The van der Waals surface area contributed by atoms with Crippen molar-refractivity contribution in [1.29, 1.82) is 0 Å². The van der Waals surface area contributed by atoms with E-state index < -0.39 is 10.0 Å². The summed E-state index contributed by atoms with van der Waals surface area (Å²) in [5, 5.41) is 0. The summed E-state index contributed by atoms with van der Waals surface area (Å²) < 4.78 is 28.4. The minimum atomic E-state index is -3.60. The van der Waals surface area contributed by atoms with Gasteiger partial charge < -0.3 is 0 Å². The van der Waals surface area contributed by atoms with Gasteiger partial charge >= 0.3 is 0 Å². The van der Waals surface area contributed by atoms with Gasteiger partial charge in [-0.1, -0.05) is 17.7 Å². The van der Waals surface area contributed by atoms with Crippen molar-refractivity contribution in [2.24, 2.45) is 0 Å². The second kappa shape index (κ2) is 5.44. The normalized spacial score (nSPS) is 11.6. The Hall–Kier alpha value is -0.560. The molecule has 0 radical (unpaired) electrons. The third kappa shape index (κ3) is 3.31. The zero-order valence-corrected chi connectivity index (χ0v) is 14.2. The number of hydrogen-bond acceptors (Lipinski definition) is 3. The van der Waals surface area contributed by atoms with Crippen LogP contribution < -0.4 is 4.72 Å². The van der Waals surface area contributed by atoms with E-state index >= 15 is 0 Å². The van der Waals surface area contributed by atoms with E-state index in [1.54, 1.807) is 6.07 Å². The van der Waals surface area contributed by atoms with Gasteiger partial charge in [0.1, 0.15) is 4.21 Å². The molecule has 1 N–H and O–H groups in total. The third-order valence-electron chi connectivity index (χ3n) is 2.48. The third-order valence-corrected chi connectivity index (χ3v) is 6.18. The Morgan fingerprint density at radius 2 is 1.95 bits per heavy atom. The van der Waals surface area contributed by atoms with Crippen molar-refractivity contribution >= 4 is 54.6 Å². The average molecular weight is 381 g/mol. The molecule has 7 heteroatoms. The SMILES string of the molecule is Cc1cc(C)c(NS(=O)(=O)c2ccc(Cl)s2)c(Br)c1. The molecule has 0 bridgehead atoms. The van der Waals surface area contributed by atoms with E-state index in [1.807, 2.05) is 26.0 Å². The number of sulfonamides is 1. The van der Waals surface area contributed by atoms with E-state index in [1.165, 1.54) is 6.07 Å². The fourth-order valence-electron chi connectivity index (χ4n) is 1.67. The lowest BCUT2D eigenvalue weighted by atomic mass is 10.1. The average Bonchev–Trinajstić information content (AvgIpc) is 2.71. The quantitative estimate of drug-likeness (QED) is 0.847. The molecule has 0 aliphatic rings. The van der Waals surface area contributed by atoms with Gasteiger partial charge in [0.05, 0.1) is 10.0 Å². The molecule has 102 valence electrons. The lowest BCUT2D eigenvalue weighted by Crippen LogP contribution is -2.13. The Morgan fingerprint density at radius 1 is 1.26 bits per heavy atom. The molecule has 0 amide bonds. The maximum Gasteiger partial charge on any atom is 0.271 e. The minimum absolute atomic E-state index is 0.198. The number of nitrogens with one attached hydrogen (secondary N) is 1. The van der Waals surface area contributed by atoms with Gasteiger partial charge in [0.15, 0.2) is 0 Å². The summed E-state index contributed by atoms with van der Waals surface area (Å²) in [6, 6.07) is 6.85. The van der Waals surface area contributed by atoms with Crippen molar-refractivity contribution in [3.05, 3.63) is 44.2 Å². The van der Waals surface area contributed by atoms with Crippen LogP contribution in [0.1, 0.15) is 11.1 Å². The van der Waals surface area contributed by atoms with Crippen molar-refractivity contribution in [2.45, 2.75) is 18.1 Å². The highest BCUT2D eigenvalue weighted by atomic mass is 79.9. The maximum absolute atomic E-state index is 12.2. The van der Waals surface area contributed by atoms with Crippen LogP contribution in [0.3, 0.4) is 0 Å². The summed E-state index contributed by atoms with van der Waals surface area (Å²) >= 11 is 10.2. The Labute approximate surface area is 129 Å². The van der Waals surface area contributed by atoms with Crippen LogP contribution in [0.25, 0.3) is 0 Å². The first-order chi connectivity index (χ1) is 8.79. The Balaban J connectivity index is 2.41. The van der Waals surface area contributed by atoms with Crippen LogP contribution in [0, 0.1) is 13.8 Å². The minimum Gasteiger partial charge on any atom is -0.278 e. The number of anilines is 1. The lowest BCUT2D eigenvalue weighted by Gasteiger charge is -2.12. The van der Waals surface area contributed by atoms with Gasteiger partial charge in [0.2, 0.25) is 0 Å². The van der Waals surface area contributed by atoms with Crippen LogP contribution in [0.2, 0.25) is 4.34 Å². The van der Waals surface area contributed by atoms with Gasteiger partial charge in [0, 0.05) is 4.47 Å². The molecule has 3 nitrogen and oxygen atoms in total. The number of halogens is 2. The highest BCUT2D eigenvalue weighted by Gasteiger charge is 2.19. The van der Waals surface area contributed by atoms with E-state index in [0.717, 1.165) is 26.9 Å². The lowest BCUT2D eigenvalue weighted by molar-refractivity contribution is 0.603. The topological polar surface area (TPSA) is 46.2 Å². The second-order valence-electron chi connectivity index (χ2n) is 4.10. The molecule has 0 atom stereocenters. The van der Waals surface area contributed by atoms with Gasteiger partial charge in [-0.3, -0.25) is 4.72 Å². The van der Waals surface area contributed by atoms with E-state index in [4.69, 9.17) is 11.6 Å². The number of thiophene rings is 1. The zero-order valence-electron chi connectivity index (χ0n) is 10.2. The van der Waals surface area contributed by atoms with Crippen LogP contribution in [-0.4, -0.2) is 8.42 Å². The van der Waals surface area contributed by atoms with Gasteiger partial charge in [0.25, 0.3) is 10.0 Å². The van der Waals surface area contributed by atoms with E-state index in [9.17, 15) is 8.42 Å². The van der Waals surface area contributed by atoms with Gasteiger partial charge in [-0.25, -0.2) is 8.42 Å². The zero-order chi connectivity index (χ0) is 14.2. The van der Waals surface area contributed by atoms with Crippen molar-refractivity contribution < 1.29 is 8.42 Å². The molecule has 1 heterocycles. The molecule has 2 aromatic rings. The van der Waals surface area contributed by atoms with Gasteiger partial charge in [-0.2, -0.15) is 0 Å². The molecule has 0 spiro atoms. The molecule has 0 saturated heterocycles. The standard InChI is InChI=1S/C12H11BrClNO2S2/c1-7-5-8(2)12(9(13)6-7)15-19(16,17)11-4-3-10(14)18-11/h3-6,15H,1-2H3. The Bertz CT molecular complexity index is 702. The van der Waals surface area contributed by atoms with E-state index in [2.05, 4.69) is 20.7 Å². The molecule has 0 unspecified atom stereocenters. The second-order valence-corrected chi connectivity index (χ2v) is 8.58. The van der Waals surface area contributed by atoms with Crippen LogP contribution in [0.5, 0.6) is 0 Å². The predicted molar refractivity (Wildman–Crippen MR) is 83.8 cm³/mol. The maximum atomic E-state index is 12.2. The summed E-state index contributed by atoms with van der Waals surface area (Å²) in [6.45, 7) is 3.81. The first kappa shape index (κ1) is 14.8. The fraction of sp³-hybridized carbons (Fsp3) is 0.167. The largest absolute Gasteiger partial charge is 0.278 e. The number of rotatable bonds is 3. The van der Waals surface area contributed by atoms with Crippen molar-refractivity contribution in [1.82, 2.24) is 0 Å². The molecule has 2 rings (SSSR count). The molecular formula is C12H11BrClNO2S2. The van der Waals surface area contributed by atoms with Crippen molar-refractivity contribution in [3.63, 3.8) is 0 Å². The molecule has 1 aromatic carbocycles. The summed E-state index contributed by atoms with van der Waals surface area (Å²) in [5.74, 6) is 0. The highest BCUT2D eigenvalue weighted by molar-refractivity contribution is 9.10. The van der Waals surface area contributed by atoms with E-state index in [0.29, 0.717) is 10.0 Å². The monoisotopic (exact) mass is 379 g/mol. The van der Waals surface area contributed by atoms with Crippen molar-refractivity contribution in [3.8, 4) is 0 Å². The molecule has 0 aliphatic heterocycles. The van der Waals surface area contributed by atoms with Crippen LogP contribution in [0.15, 0.2) is 32.9 Å². The summed E-state index contributed by atoms with van der Waals surface area (Å²) in [5.41, 5.74) is 2.47.